The highest BCUT2D eigenvalue weighted by Gasteiger charge is 2.17. The fourth-order valence-electron chi connectivity index (χ4n) is 1.97. The third-order valence-corrected chi connectivity index (χ3v) is 3.12. The van der Waals surface area contributed by atoms with Crippen LogP contribution in [0.25, 0.3) is 0 Å². The van der Waals surface area contributed by atoms with Crippen molar-refractivity contribution in [1.29, 1.82) is 0 Å². The Morgan fingerprint density at radius 3 is 3.12 bits per heavy atom. The van der Waals surface area contributed by atoms with Gasteiger partial charge in [0.1, 0.15) is 0 Å². The van der Waals surface area contributed by atoms with Crippen LogP contribution in [0.5, 0.6) is 0 Å². The normalized spacial score (nSPS) is 22.6. The fraction of sp³-hybridized carbons (Fsp3) is 0.727. The molecule has 0 radical (unpaired) electrons. The van der Waals surface area contributed by atoms with Crippen LogP contribution in [0.15, 0.2) is 12.4 Å². The predicted octanol–water partition coefficient (Wildman–Crippen LogP) is 0.477. The standard InChI is InChI=1S/C11H18ClN3O2/c12-11-5-13-15(7-11)2-1-14-3-4-17-9-10(6-14)8-16/h5,7,10,16H,1-4,6,8-9H2/t10-/m1/s1. The molecule has 0 spiro atoms. The number of aliphatic hydroxyl groups excluding tert-OH is 1. The summed E-state index contributed by atoms with van der Waals surface area (Å²) in [5, 5.41) is 14.0. The molecule has 0 unspecified atom stereocenters. The van der Waals surface area contributed by atoms with Gasteiger partial charge in [-0.2, -0.15) is 5.10 Å². The number of ether oxygens (including phenoxy) is 1. The van der Waals surface area contributed by atoms with Crippen LogP contribution in [0.3, 0.4) is 0 Å². The summed E-state index contributed by atoms with van der Waals surface area (Å²) in [6, 6.07) is 0. The Bertz CT molecular complexity index is 345. The number of rotatable bonds is 4. The number of halogens is 1. The maximum Gasteiger partial charge on any atom is 0.0785 e. The van der Waals surface area contributed by atoms with E-state index in [0.29, 0.717) is 11.6 Å². The molecule has 1 aliphatic rings. The molecular weight excluding hydrogens is 242 g/mol. The second-order valence-corrected chi connectivity index (χ2v) is 4.78. The lowest BCUT2D eigenvalue weighted by molar-refractivity contribution is 0.0958. The molecular formula is C11H18ClN3O2. The lowest BCUT2D eigenvalue weighted by atomic mass is 10.1. The van der Waals surface area contributed by atoms with Crippen LogP contribution in [0.2, 0.25) is 5.02 Å². The van der Waals surface area contributed by atoms with Crippen LogP contribution in [0.4, 0.5) is 0 Å². The van der Waals surface area contributed by atoms with Crippen molar-refractivity contribution in [3.05, 3.63) is 17.4 Å². The quantitative estimate of drug-likeness (QED) is 0.855. The van der Waals surface area contributed by atoms with Gasteiger partial charge < -0.3 is 9.84 Å². The molecule has 1 saturated heterocycles. The number of hydrogen-bond donors (Lipinski definition) is 1. The van der Waals surface area contributed by atoms with Crippen molar-refractivity contribution >= 4 is 11.6 Å². The maximum absolute atomic E-state index is 9.18. The van der Waals surface area contributed by atoms with E-state index in [9.17, 15) is 5.11 Å². The summed E-state index contributed by atoms with van der Waals surface area (Å²) >= 11 is 5.80. The molecule has 1 aromatic heterocycles. The molecule has 0 saturated carbocycles. The van der Waals surface area contributed by atoms with Crippen LogP contribution in [0, 0.1) is 5.92 Å². The van der Waals surface area contributed by atoms with E-state index in [1.807, 2.05) is 10.9 Å². The van der Waals surface area contributed by atoms with E-state index in [2.05, 4.69) is 10.00 Å². The van der Waals surface area contributed by atoms with E-state index in [4.69, 9.17) is 16.3 Å². The molecule has 5 nitrogen and oxygen atoms in total. The average Bonchev–Trinajstić information content (AvgIpc) is 2.62. The highest BCUT2D eigenvalue weighted by Crippen LogP contribution is 2.08. The molecule has 1 fully saturated rings. The second kappa shape index (κ2) is 6.35. The van der Waals surface area contributed by atoms with Gasteiger partial charge in [-0.1, -0.05) is 11.6 Å². The Morgan fingerprint density at radius 1 is 1.53 bits per heavy atom. The molecule has 0 aliphatic carbocycles. The third kappa shape index (κ3) is 3.96. The highest BCUT2D eigenvalue weighted by atomic mass is 35.5. The zero-order chi connectivity index (χ0) is 12.1. The Morgan fingerprint density at radius 2 is 2.41 bits per heavy atom. The van der Waals surface area contributed by atoms with E-state index in [0.717, 1.165) is 32.8 Å². The molecule has 1 aliphatic heterocycles. The Labute approximate surface area is 106 Å². The van der Waals surface area contributed by atoms with Crippen molar-refractivity contribution in [2.24, 2.45) is 5.92 Å². The first-order valence-corrected chi connectivity index (χ1v) is 6.24. The third-order valence-electron chi connectivity index (χ3n) is 2.93. The van der Waals surface area contributed by atoms with Crippen molar-refractivity contribution < 1.29 is 9.84 Å². The summed E-state index contributed by atoms with van der Waals surface area (Å²) < 4.78 is 7.27. The number of aliphatic hydroxyl groups is 1. The van der Waals surface area contributed by atoms with Crippen LogP contribution < -0.4 is 0 Å². The predicted molar refractivity (Wildman–Crippen MR) is 65.1 cm³/mol. The van der Waals surface area contributed by atoms with Crippen LogP contribution in [0.1, 0.15) is 0 Å². The van der Waals surface area contributed by atoms with Gasteiger partial charge in [-0.05, 0) is 0 Å². The van der Waals surface area contributed by atoms with E-state index < -0.39 is 0 Å². The first kappa shape index (κ1) is 12.8. The Hall–Kier alpha value is -0.620. The monoisotopic (exact) mass is 259 g/mol. The largest absolute Gasteiger partial charge is 0.396 e. The molecule has 0 bridgehead atoms. The van der Waals surface area contributed by atoms with Gasteiger partial charge in [-0.25, -0.2) is 0 Å². The minimum Gasteiger partial charge on any atom is -0.396 e. The molecule has 0 aromatic carbocycles. The van der Waals surface area contributed by atoms with Crippen LogP contribution >= 0.6 is 11.6 Å². The fourth-order valence-corrected chi connectivity index (χ4v) is 2.13. The molecule has 1 atom stereocenters. The van der Waals surface area contributed by atoms with Gasteiger partial charge in [-0.15, -0.1) is 0 Å². The van der Waals surface area contributed by atoms with Gasteiger partial charge in [0, 0.05) is 38.4 Å². The zero-order valence-electron chi connectivity index (χ0n) is 9.76. The molecule has 1 aromatic rings. The van der Waals surface area contributed by atoms with Crippen LogP contribution in [-0.4, -0.2) is 59.2 Å². The Kier molecular flexibility index (Phi) is 4.79. The molecule has 1 N–H and O–H groups in total. The molecule has 96 valence electrons. The van der Waals surface area contributed by atoms with E-state index >= 15 is 0 Å². The van der Waals surface area contributed by atoms with Gasteiger partial charge in [-0.3, -0.25) is 9.58 Å². The maximum atomic E-state index is 9.18. The highest BCUT2D eigenvalue weighted by molar-refractivity contribution is 6.30. The smallest absolute Gasteiger partial charge is 0.0785 e. The Balaban J connectivity index is 1.81. The van der Waals surface area contributed by atoms with Crippen molar-refractivity contribution in [2.75, 3.05) is 39.5 Å². The summed E-state index contributed by atoms with van der Waals surface area (Å²) in [7, 11) is 0. The van der Waals surface area contributed by atoms with E-state index in [1.165, 1.54) is 0 Å². The second-order valence-electron chi connectivity index (χ2n) is 4.35. The minimum atomic E-state index is 0.185. The zero-order valence-corrected chi connectivity index (χ0v) is 10.5. The lowest BCUT2D eigenvalue weighted by Gasteiger charge is -2.21. The number of nitrogens with zero attached hydrogens (tertiary/aromatic N) is 3. The van der Waals surface area contributed by atoms with Gasteiger partial charge in [0.15, 0.2) is 0 Å². The lowest BCUT2D eigenvalue weighted by Crippen LogP contribution is -2.34. The van der Waals surface area contributed by atoms with E-state index in [1.54, 1.807) is 6.20 Å². The van der Waals surface area contributed by atoms with Gasteiger partial charge in [0.05, 0.1) is 31.0 Å². The first-order valence-electron chi connectivity index (χ1n) is 5.87. The molecule has 0 amide bonds. The van der Waals surface area contributed by atoms with Crippen molar-refractivity contribution in [1.82, 2.24) is 14.7 Å². The summed E-state index contributed by atoms with van der Waals surface area (Å²) in [5.74, 6) is 0.221. The minimum absolute atomic E-state index is 0.185. The summed E-state index contributed by atoms with van der Waals surface area (Å²) in [6.07, 6.45) is 3.46. The van der Waals surface area contributed by atoms with Crippen molar-refractivity contribution in [3.8, 4) is 0 Å². The SMILES string of the molecule is OC[C@@H]1COCCN(CCn2cc(Cl)cn2)C1. The summed E-state index contributed by atoms with van der Waals surface area (Å²) in [5.41, 5.74) is 0. The van der Waals surface area contributed by atoms with Gasteiger partial charge >= 0.3 is 0 Å². The van der Waals surface area contributed by atoms with Crippen molar-refractivity contribution in [3.63, 3.8) is 0 Å². The molecule has 2 rings (SSSR count). The number of aromatic nitrogens is 2. The topological polar surface area (TPSA) is 50.5 Å². The summed E-state index contributed by atoms with van der Waals surface area (Å²) in [6.45, 7) is 5.07. The van der Waals surface area contributed by atoms with E-state index in [-0.39, 0.29) is 12.5 Å². The molecule has 17 heavy (non-hydrogen) atoms. The van der Waals surface area contributed by atoms with Crippen LogP contribution in [-0.2, 0) is 11.3 Å². The molecule has 6 heteroatoms. The van der Waals surface area contributed by atoms with Gasteiger partial charge in [0.25, 0.3) is 0 Å². The summed E-state index contributed by atoms with van der Waals surface area (Å²) in [4.78, 5) is 2.30. The number of hydrogen-bond acceptors (Lipinski definition) is 4. The average molecular weight is 260 g/mol. The van der Waals surface area contributed by atoms with Gasteiger partial charge in [0.2, 0.25) is 0 Å². The van der Waals surface area contributed by atoms with Crippen molar-refractivity contribution in [2.45, 2.75) is 6.54 Å². The first-order chi connectivity index (χ1) is 8.28. The molecule has 2 heterocycles.